The van der Waals surface area contributed by atoms with Gasteiger partial charge in [0.05, 0.1) is 33.1 Å². The predicted octanol–water partition coefficient (Wildman–Crippen LogP) is 11.1. The molecule has 6 heteroatoms. The van der Waals surface area contributed by atoms with Crippen LogP contribution in [0.4, 0.5) is 0 Å². The van der Waals surface area contributed by atoms with E-state index in [4.69, 9.17) is 15.0 Å². The predicted molar refractivity (Wildman–Crippen MR) is 209 cm³/mol. The van der Waals surface area contributed by atoms with Gasteiger partial charge >= 0.3 is 0 Å². The molecule has 0 atom stereocenters. The normalized spacial score (nSPS) is 14.4. The lowest BCUT2D eigenvalue weighted by molar-refractivity contribution is 0.960. The Hall–Kier alpha value is -6.53. The van der Waals surface area contributed by atoms with Crippen molar-refractivity contribution in [1.29, 1.82) is 0 Å². The van der Waals surface area contributed by atoms with Gasteiger partial charge in [0.1, 0.15) is 17.5 Å². The quantitative estimate of drug-likeness (QED) is 0.179. The van der Waals surface area contributed by atoms with Gasteiger partial charge in [-0.05, 0) is 105 Å². The summed E-state index contributed by atoms with van der Waals surface area (Å²) in [5, 5.41) is 0. The van der Waals surface area contributed by atoms with Gasteiger partial charge in [-0.25, -0.2) is 15.0 Å². The van der Waals surface area contributed by atoms with E-state index in [0.717, 1.165) is 104 Å². The van der Waals surface area contributed by atoms with Crippen LogP contribution in [0, 0.1) is 0 Å². The number of rotatable bonds is 6. The number of nitrogens with zero attached hydrogens (tertiary/aromatic N) is 6. The van der Waals surface area contributed by atoms with Gasteiger partial charge in [0.25, 0.3) is 0 Å². The SMILES string of the molecule is C1=CCCC(n2c(-c3cc(-c4nc5ccccc5n4C4=CCCC=C4)cc(-c4nc5ccccc5n4-c4ccccc4)c3)nc3ccccc32)=C1. The maximum atomic E-state index is 5.33. The molecule has 0 unspecified atom stereocenters. The Morgan fingerprint density at radius 2 is 1.00 bits per heavy atom. The van der Waals surface area contributed by atoms with Crippen LogP contribution in [0.2, 0.25) is 0 Å². The first-order valence-electron chi connectivity index (χ1n) is 17.7. The van der Waals surface area contributed by atoms with E-state index in [1.165, 1.54) is 5.70 Å². The lowest BCUT2D eigenvalue weighted by atomic mass is 10.0. The van der Waals surface area contributed by atoms with E-state index in [2.05, 4.69) is 171 Å². The number of imidazole rings is 3. The molecule has 0 bridgehead atoms. The molecule has 0 radical (unpaired) electrons. The summed E-state index contributed by atoms with van der Waals surface area (Å²) >= 11 is 0. The van der Waals surface area contributed by atoms with Crippen LogP contribution in [0.5, 0.6) is 0 Å². The minimum Gasteiger partial charge on any atom is -0.296 e. The third kappa shape index (κ3) is 4.98. The highest BCUT2D eigenvalue weighted by atomic mass is 15.1. The van der Waals surface area contributed by atoms with Gasteiger partial charge in [0.2, 0.25) is 0 Å². The minimum absolute atomic E-state index is 0.868. The maximum Gasteiger partial charge on any atom is 0.145 e. The number of para-hydroxylation sites is 7. The molecule has 0 aliphatic heterocycles. The highest BCUT2D eigenvalue weighted by Crippen LogP contribution is 2.39. The summed E-state index contributed by atoms with van der Waals surface area (Å²) in [4.78, 5) is 16.0. The van der Waals surface area contributed by atoms with Gasteiger partial charge in [-0.3, -0.25) is 13.7 Å². The number of hydrogen-bond acceptors (Lipinski definition) is 3. The summed E-state index contributed by atoms with van der Waals surface area (Å²) in [5.74, 6) is 2.66. The zero-order chi connectivity index (χ0) is 33.7. The molecule has 0 fully saturated rings. The minimum atomic E-state index is 0.868. The molecule has 5 aromatic carbocycles. The van der Waals surface area contributed by atoms with Crippen molar-refractivity contribution in [3.63, 3.8) is 0 Å². The number of allylic oxidation sites excluding steroid dienone is 8. The highest BCUT2D eigenvalue weighted by molar-refractivity contribution is 5.92. The average molecular weight is 659 g/mol. The fraction of sp³-hybridized carbons (Fsp3) is 0.0889. The first-order valence-corrected chi connectivity index (χ1v) is 17.7. The first-order chi connectivity index (χ1) is 25.3. The number of hydrogen-bond donors (Lipinski definition) is 0. The van der Waals surface area contributed by atoms with E-state index in [9.17, 15) is 0 Å². The molecule has 10 rings (SSSR count). The lowest BCUT2D eigenvalue weighted by Crippen LogP contribution is -2.04. The summed E-state index contributed by atoms with van der Waals surface area (Å²) in [7, 11) is 0. The van der Waals surface area contributed by atoms with Crippen LogP contribution in [0.1, 0.15) is 25.7 Å². The third-order valence-corrected chi connectivity index (χ3v) is 9.92. The van der Waals surface area contributed by atoms with Gasteiger partial charge in [-0.2, -0.15) is 0 Å². The van der Waals surface area contributed by atoms with E-state index in [-0.39, 0.29) is 0 Å². The molecular weight excluding hydrogens is 625 g/mol. The summed E-state index contributed by atoms with van der Waals surface area (Å²) in [6.45, 7) is 0. The van der Waals surface area contributed by atoms with Gasteiger partial charge < -0.3 is 0 Å². The second-order valence-corrected chi connectivity index (χ2v) is 13.1. The molecule has 0 N–H and O–H groups in total. The summed E-state index contributed by atoms with van der Waals surface area (Å²) in [6.07, 6.45) is 17.4. The zero-order valence-corrected chi connectivity index (χ0v) is 28.0. The van der Waals surface area contributed by atoms with E-state index in [1.807, 2.05) is 0 Å². The molecule has 0 amide bonds. The molecular formula is C45H34N6. The third-order valence-electron chi connectivity index (χ3n) is 9.92. The molecule has 51 heavy (non-hydrogen) atoms. The Morgan fingerprint density at radius 3 is 1.57 bits per heavy atom. The van der Waals surface area contributed by atoms with Crippen LogP contribution in [-0.2, 0) is 0 Å². The molecule has 244 valence electrons. The molecule has 0 saturated carbocycles. The number of fused-ring (bicyclic) bond motifs is 3. The smallest absolute Gasteiger partial charge is 0.145 e. The number of aromatic nitrogens is 6. The first kappa shape index (κ1) is 29.4. The molecule has 2 aliphatic rings. The van der Waals surface area contributed by atoms with Crippen LogP contribution in [0.3, 0.4) is 0 Å². The Kier molecular flexibility index (Phi) is 6.98. The molecule has 0 saturated heterocycles. The average Bonchev–Trinajstić information content (AvgIpc) is 3.91. The molecule has 8 aromatic rings. The summed E-state index contributed by atoms with van der Waals surface area (Å²) < 4.78 is 6.92. The van der Waals surface area contributed by atoms with Crippen molar-refractivity contribution in [2.24, 2.45) is 0 Å². The van der Waals surface area contributed by atoms with Crippen LogP contribution < -0.4 is 0 Å². The van der Waals surface area contributed by atoms with Crippen molar-refractivity contribution in [2.45, 2.75) is 25.7 Å². The Bertz CT molecular complexity index is 2750. The van der Waals surface area contributed by atoms with Crippen molar-refractivity contribution in [3.8, 4) is 39.9 Å². The Labute approximate surface area is 295 Å². The standard InChI is InChI=1S/C45H34N6/c1-4-16-34(17-5-1)49-40-25-13-10-22-37(40)46-43(49)31-28-32(44-47-38-23-11-14-26-41(38)50(44)35-18-6-2-7-19-35)30-33(29-31)45-48-39-24-12-15-27-42(39)51(45)36-20-8-3-9-21-36/h1-2,4-6,8,10-18,20-30H,3,7,9,19H2. The van der Waals surface area contributed by atoms with Crippen molar-refractivity contribution in [1.82, 2.24) is 28.7 Å². The Morgan fingerprint density at radius 1 is 0.471 bits per heavy atom. The van der Waals surface area contributed by atoms with Crippen LogP contribution in [0.15, 0.2) is 158 Å². The van der Waals surface area contributed by atoms with Crippen LogP contribution in [-0.4, -0.2) is 28.7 Å². The second-order valence-electron chi connectivity index (χ2n) is 13.1. The van der Waals surface area contributed by atoms with E-state index >= 15 is 0 Å². The van der Waals surface area contributed by atoms with E-state index in [0.29, 0.717) is 0 Å². The summed E-state index contributed by atoms with van der Waals surface area (Å²) in [6, 6.07) is 42.5. The highest BCUT2D eigenvalue weighted by Gasteiger charge is 2.23. The molecule has 6 nitrogen and oxygen atoms in total. The lowest BCUT2D eigenvalue weighted by Gasteiger charge is -2.18. The molecule has 2 aliphatic carbocycles. The Balaban J connectivity index is 1.30. The maximum absolute atomic E-state index is 5.33. The van der Waals surface area contributed by atoms with E-state index < -0.39 is 0 Å². The van der Waals surface area contributed by atoms with Crippen molar-refractivity contribution >= 4 is 44.5 Å². The van der Waals surface area contributed by atoms with Gasteiger partial charge in [0.15, 0.2) is 0 Å². The summed E-state index contributed by atoms with van der Waals surface area (Å²) in [5.41, 5.74) is 12.5. The van der Waals surface area contributed by atoms with Gasteiger partial charge in [-0.1, -0.05) is 78.9 Å². The molecule has 3 heterocycles. The zero-order valence-electron chi connectivity index (χ0n) is 28.0. The molecule has 3 aromatic heterocycles. The topological polar surface area (TPSA) is 53.5 Å². The largest absolute Gasteiger partial charge is 0.296 e. The monoisotopic (exact) mass is 658 g/mol. The molecule has 0 spiro atoms. The van der Waals surface area contributed by atoms with Crippen molar-refractivity contribution in [3.05, 3.63) is 158 Å². The van der Waals surface area contributed by atoms with Gasteiger partial charge in [-0.15, -0.1) is 0 Å². The van der Waals surface area contributed by atoms with Crippen molar-refractivity contribution < 1.29 is 0 Å². The van der Waals surface area contributed by atoms with Crippen molar-refractivity contribution in [2.75, 3.05) is 0 Å². The van der Waals surface area contributed by atoms with Crippen LogP contribution in [0.25, 0.3) is 84.3 Å². The van der Waals surface area contributed by atoms with Crippen LogP contribution >= 0.6 is 0 Å². The van der Waals surface area contributed by atoms with E-state index in [1.54, 1.807) is 0 Å². The fourth-order valence-corrected chi connectivity index (χ4v) is 7.61. The second kappa shape index (κ2) is 12.1. The number of benzene rings is 5. The fourth-order valence-electron chi connectivity index (χ4n) is 7.61. The van der Waals surface area contributed by atoms with Gasteiger partial charge in [0, 0.05) is 33.8 Å².